The monoisotopic (exact) mass is 334 g/mol. The van der Waals surface area contributed by atoms with Crippen molar-refractivity contribution in [1.82, 2.24) is 15.1 Å². The van der Waals surface area contributed by atoms with Crippen LogP contribution in [0.25, 0.3) is 0 Å². The molecular weight excluding hydrogens is 304 g/mol. The van der Waals surface area contributed by atoms with Crippen LogP contribution >= 0.6 is 0 Å². The lowest BCUT2D eigenvalue weighted by Gasteiger charge is -2.40. The lowest BCUT2D eigenvalue weighted by molar-refractivity contribution is -0.126. The van der Waals surface area contributed by atoms with Crippen molar-refractivity contribution in [2.24, 2.45) is 5.16 Å². The summed E-state index contributed by atoms with van der Waals surface area (Å²) in [5.41, 5.74) is 0.373. The average Bonchev–Trinajstić information content (AvgIpc) is 3.06. The minimum Gasteiger partial charge on any atom is -0.387 e. The molecule has 0 aromatic rings. The van der Waals surface area contributed by atoms with Crippen LogP contribution in [-0.2, 0) is 9.63 Å². The molecule has 1 saturated carbocycles. The first-order valence-electron chi connectivity index (χ1n) is 9.75. The van der Waals surface area contributed by atoms with E-state index in [-0.39, 0.29) is 11.5 Å². The smallest absolute Gasteiger partial charge is 0.271 e. The largest absolute Gasteiger partial charge is 0.387 e. The zero-order valence-electron chi connectivity index (χ0n) is 14.6. The van der Waals surface area contributed by atoms with E-state index >= 15 is 0 Å². The molecule has 1 atom stereocenters. The number of carbonyl (C=O) groups is 1. The van der Waals surface area contributed by atoms with Gasteiger partial charge in [-0.15, -0.1) is 0 Å². The predicted molar refractivity (Wildman–Crippen MR) is 93.0 cm³/mol. The summed E-state index contributed by atoms with van der Waals surface area (Å²) < 4.78 is 0. The summed E-state index contributed by atoms with van der Waals surface area (Å²) in [4.78, 5) is 23.1. The van der Waals surface area contributed by atoms with Gasteiger partial charge in [0.2, 0.25) is 0 Å². The van der Waals surface area contributed by atoms with E-state index in [4.69, 9.17) is 4.84 Å². The number of piperidine rings is 1. The van der Waals surface area contributed by atoms with Gasteiger partial charge in [-0.3, -0.25) is 9.69 Å². The molecule has 4 rings (SSSR count). The van der Waals surface area contributed by atoms with Crippen molar-refractivity contribution in [2.45, 2.75) is 63.0 Å². The number of piperazine rings is 1. The van der Waals surface area contributed by atoms with E-state index in [1.807, 2.05) is 4.90 Å². The standard InChI is InChI=1S/C18H30N4O2/c23-17(16-13-18(24-20-16)7-4-8-19-14-18)22-11-9-21(10-12-22)15-5-2-1-3-6-15/h15,19H,1-14H2. The highest BCUT2D eigenvalue weighted by Gasteiger charge is 2.43. The van der Waals surface area contributed by atoms with Gasteiger partial charge in [0.05, 0.1) is 0 Å². The third kappa shape index (κ3) is 3.31. The van der Waals surface area contributed by atoms with Gasteiger partial charge in [-0.1, -0.05) is 24.4 Å². The molecule has 0 bridgehead atoms. The van der Waals surface area contributed by atoms with Gasteiger partial charge in [0.15, 0.2) is 5.60 Å². The summed E-state index contributed by atoms with van der Waals surface area (Å²) in [7, 11) is 0. The van der Waals surface area contributed by atoms with Crippen LogP contribution in [0.15, 0.2) is 5.16 Å². The molecule has 1 unspecified atom stereocenters. The maximum atomic E-state index is 12.8. The maximum Gasteiger partial charge on any atom is 0.271 e. The van der Waals surface area contributed by atoms with Crippen molar-refractivity contribution in [3.8, 4) is 0 Å². The highest BCUT2D eigenvalue weighted by Crippen LogP contribution is 2.31. The van der Waals surface area contributed by atoms with E-state index in [1.54, 1.807) is 0 Å². The zero-order chi connectivity index (χ0) is 16.4. The molecule has 4 aliphatic rings. The van der Waals surface area contributed by atoms with Gasteiger partial charge in [0.1, 0.15) is 5.71 Å². The van der Waals surface area contributed by atoms with Crippen LogP contribution < -0.4 is 5.32 Å². The van der Waals surface area contributed by atoms with Crippen molar-refractivity contribution in [1.29, 1.82) is 0 Å². The normalized spacial score (nSPS) is 32.7. The summed E-state index contributed by atoms with van der Waals surface area (Å²) in [5, 5.41) is 7.54. The molecule has 1 aliphatic carbocycles. The Labute approximate surface area is 144 Å². The summed E-state index contributed by atoms with van der Waals surface area (Å²) in [6, 6.07) is 0.750. The van der Waals surface area contributed by atoms with Crippen LogP contribution in [0.1, 0.15) is 51.4 Å². The molecule has 0 aromatic carbocycles. The van der Waals surface area contributed by atoms with E-state index in [0.29, 0.717) is 12.1 Å². The molecule has 2 saturated heterocycles. The highest BCUT2D eigenvalue weighted by molar-refractivity contribution is 6.39. The molecule has 0 aromatic heterocycles. The lowest BCUT2D eigenvalue weighted by Crippen LogP contribution is -2.54. The Morgan fingerprint density at radius 2 is 1.92 bits per heavy atom. The Morgan fingerprint density at radius 1 is 1.12 bits per heavy atom. The van der Waals surface area contributed by atoms with Crippen molar-refractivity contribution in [3.05, 3.63) is 0 Å². The second kappa shape index (κ2) is 7.00. The van der Waals surface area contributed by atoms with Gasteiger partial charge >= 0.3 is 0 Å². The van der Waals surface area contributed by atoms with Crippen molar-refractivity contribution < 1.29 is 9.63 Å². The fraction of sp³-hybridized carbons (Fsp3) is 0.889. The summed E-state index contributed by atoms with van der Waals surface area (Å²) in [6.45, 7) is 5.54. The fourth-order valence-corrected chi connectivity index (χ4v) is 4.72. The van der Waals surface area contributed by atoms with Gasteiger partial charge in [0.25, 0.3) is 5.91 Å². The van der Waals surface area contributed by atoms with Crippen molar-refractivity contribution in [3.63, 3.8) is 0 Å². The SMILES string of the molecule is O=C(C1=NOC2(CCCNC2)C1)N1CCN(C2CCCCC2)CC1. The number of hydrogen-bond acceptors (Lipinski definition) is 5. The van der Waals surface area contributed by atoms with Gasteiger partial charge in [-0.05, 0) is 32.2 Å². The van der Waals surface area contributed by atoms with Crippen LogP contribution in [-0.4, -0.2) is 72.3 Å². The highest BCUT2D eigenvalue weighted by atomic mass is 16.7. The fourth-order valence-electron chi connectivity index (χ4n) is 4.72. The Kier molecular flexibility index (Phi) is 4.77. The second-order valence-electron chi connectivity index (χ2n) is 7.89. The third-order valence-electron chi connectivity index (χ3n) is 6.21. The minimum absolute atomic E-state index is 0.0979. The second-order valence-corrected chi connectivity index (χ2v) is 7.89. The summed E-state index contributed by atoms with van der Waals surface area (Å²) in [5.74, 6) is 0.0979. The molecule has 6 nitrogen and oxygen atoms in total. The Bertz CT molecular complexity index is 487. The minimum atomic E-state index is -0.257. The summed E-state index contributed by atoms with van der Waals surface area (Å²) in [6.07, 6.45) is 9.57. The van der Waals surface area contributed by atoms with E-state index in [9.17, 15) is 4.79 Å². The van der Waals surface area contributed by atoms with Crippen LogP contribution in [0.5, 0.6) is 0 Å². The first-order chi connectivity index (χ1) is 11.8. The molecule has 1 N–H and O–H groups in total. The Balaban J connectivity index is 1.29. The lowest BCUT2D eigenvalue weighted by atomic mass is 9.89. The number of hydrogen-bond donors (Lipinski definition) is 1. The Hall–Kier alpha value is -1.14. The number of oxime groups is 1. The number of carbonyl (C=O) groups excluding carboxylic acids is 1. The molecular formula is C18H30N4O2. The number of nitrogens with one attached hydrogen (secondary N) is 1. The molecule has 1 amide bonds. The van der Waals surface area contributed by atoms with Crippen LogP contribution in [0.4, 0.5) is 0 Å². The van der Waals surface area contributed by atoms with E-state index in [1.165, 1.54) is 32.1 Å². The molecule has 24 heavy (non-hydrogen) atoms. The van der Waals surface area contributed by atoms with Gasteiger partial charge < -0.3 is 15.1 Å². The topological polar surface area (TPSA) is 57.2 Å². The number of amides is 1. The zero-order valence-corrected chi connectivity index (χ0v) is 14.6. The van der Waals surface area contributed by atoms with E-state index < -0.39 is 0 Å². The van der Waals surface area contributed by atoms with Crippen molar-refractivity contribution >= 4 is 11.6 Å². The third-order valence-corrected chi connectivity index (χ3v) is 6.21. The maximum absolute atomic E-state index is 12.8. The molecule has 6 heteroatoms. The van der Waals surface area contributed by atoms with E-state index in [2.05, 4.69) is 15.4 Å². The van der Waals surface area contributed by atoms with Gasteiger partial charge in [0, 0.05) is 45.2 Å². The molecule has 0 radical (unpaired) electrons. The number of rotatable bonds is 2. The molecule has 134 valence electrons. The van der Waals surface area contributed by atoms with Gasteiger partial charge in [-0.2, -0.15) is 0 Å². The average molecular weight is 334 g/mol. The van der Waals surface area contributed by atoms with Crippen LogP contribution in [0, 0.1) is 0 Å². The quantitative estimate of drug-likeness (QED) is 0.828. The first-order valence-corrected chi connectivity index (χ1v) is 9.75. The van der Waals surface area contributed by atoms with Crippen molar-refractivity contribution in [2.75, 3.05) is 39.3 Å². The van der Waals surface area contributed by atoms with E-state index in [0.717, 1.165) is 58.2 Å². The predicted octanol–water partition coefficient (Wildman–Crippen LogP) is 1.36. The first kappa shape index (κ1) is 16.3. The van der Waals surface area contributed by atoms with Crippen LogP contribution in [0.2, 0.25) is 0 Å². The van der Waals surface area contributed by atoms with Gasteiger partial charge in [-0.25, -0.2) is 0 Å². The van der Waals surface area contributed by atoms with Crippen LogP contribution in [0.3, 0.4) is 0 Å². The molecule has 3 heterocycles. The molecule has 3 aliphatic heterocycles. The molecule has 3 fully saturated rings. The Morgan fingerprint density at radius 3 is 2.62 bits per heavy atom. The summed E-state index contributed by atoms with van der Waals surface area (Å²) >= 11 is 0. The molecule has 1 spiro atoms. The number of nitrogens with zero attached hydrogens (tertiary/aromatic N) is 3.